The van der Waals surface area contributed by atoms with Gasteiger partial charge in [0.05, 0.1) is 0 Å². The number of carbonyl (C=O) groups is 1. The summed E-state index contributed by atoms with van der Waals surface area (Å²) in [5.41, 5.74) is 4.47. The molecule has 0 radical (unpaired) electrons. The summed E-state index contributed by atoms with van der Waals surface area (Å²) in [5.74, 6) is -0.750. The molecule has 0 bridgehead atoms. The van der Waals surface area contributed by atoms with Crippen LogP contribution >= 0.6 is 0 Å². The van der Waals surface area contributed by atoms with Gasteiger partial charge in [0.1, 0.15) is 0 Å². The van der Waals surface area contributed by atoms with Gasteiger partial charge in [-0.05, 0) is 31.4 Å². The van der Waals surface area contributed by atoms with E-state index in [1.165, 1.54) is 22.3 Å². The van der Waals surface area contributed by atoms with Crippen molar-refractivity contribution in [3.05, 3.63) is 70.8 Å². The molecule has 2 aromatic carbocycles. The van der Waals surface area contributed by atoms with E-state index in [1.807, 2.05) is 0 Å². The van der Waals surface area contributed by atoms with E-state index in [0.29, 0.717) is 6.42 Å². The number of hydrogen-bond acceptors (Lipinski definition) is 1. The molecule has 1 N–H and O–H groups in total. The van der Waals surface area contributed by atoms with Gasteiger partial charge in [-0.1, -0.05) is 66.6 Å². The second-order valence-corrected chi connectivity index (χ2v) is 5.96. The number of benzene rings is 2. The summed E-state index contributed by atoms with van der Waals surface area (Å²) in [7, 11) is 0. The molecule has 2 aromatic rings. The molecule has 2 nitrogen and oxygen atoms in total. The fourth-order valence-corrected chi connectivity index (χ4v) is 2.66. The van der Waals surface area contributed by atoms with Crippen molar-refractivity contribution in [2.45, 2.75) is 39.0 Å². The molecule has 0 heterocycles. The Hall–Kier alpha value is -2.09. The molecule has 0 amide bonds. The maximum atomic E-state index is 11.0. The Morgan fingerprint density at radius 2 is 1.29 bits per heavy atom. The van der Waals surface area contributed by atoms with E-state index >= 15 is 0 Å². The second-order valence-electron chi connectivity index (χ2n) is 5.96. The van der Waals surface area contributed by atoms with Crippen molar-refractivity contribution >= 4 is 5.97 Å². The molecule has 0 fully saturated rings. The van der Waals surface area contributed by atoms with E-state index in [0.717, 1.165) is 0 Å². The predicted octanol–water partition coefficient (Wildman–Crippen LogP) is 4.47. The molecule has 0 saturated carbocycles. The number of rotatable bonds is 5. The first-order valence-corrected chi connectivity index (χ1v) is 7.28. The Morgan fingerprint density at radius 1 is 0.905 bits per heavy atom. The fourth-order valence-electron chi connectivity index (χ4n) is 2.66. The number of carboxylic acids is 1. The van der Waals surface area contributed by atoms with Crippen molar-refractivity contribution in [3.63, 3.8) is 0 Å². The van der Waals surface area contributed by atoms with Crippen LogP contribution < -0.4 is 0 Å². The van der Waals surface area contributed by atoms with Crippen molar-refractivity contribution in [1.29, 1.82) is 0 Å². The smallest absolute Gasteiger partial charge is 0.303 e. The molecule has 0 spiro atoms. The van der Waals surface area contributed by atoms with Crippen LogP contribution in [0.5, 0.6) is 0 Å². The third kappa shape index (κ3) is 3.52. The van der Waals surface area contributed by atoms with Crippen molar-refractivity contribution < 1.29 is 9.90 Å². The number of aryl methyl sites for hydroxylation is 2. The van der Waals surface area contributed by atoms with Gasteiger partial charge in [0.25, 0.3) is 0 Å². The first kappa shape index (κ1) is 15.3. The minimum atomic E-state index is -0.750. The molecule has 21 heavy (non-hydrogen) atoms. The van der Waals surface area contributed by atoms with Crippen molar-refractivity contribution in [2.75, 3.05) is 0 Å². The minimum absolute atomic E-state index is 0.165. The molecule has 2 rings (SSSR count). The van der Waals surface area contributed by atoms with Crippen LogP contribution in [-0.4, -0.2) is 11.1 Å². The van der Waals surface area contributed by atoms with Gasteiger partial charge in [-0.2, -0.15) is 0 Å². The molecule has 0 aromatic heterocycles. The van der Waals surface area contributed by atoms with Crippen LogP contribution in [0.15, 0.2) is 48.5 Å². The molecule has 0 unspecified atom stereocenters. The predicted molar refractivity (Wildman–Crippen MR) is 85.7 cm³/mol. The maximum Gasteiger partial charge on any atom is 0.303 e. The quantitative estimate of drug-likeness (QED) is 0.878. The topological polar surface area (TPSA) is 37.3 Å². The monoisotopic (exact) mass is 282 g/mol. The summed E-state index contributed by atoms with van der Waals surface area (Å²) in [5, 5.41) is 9.06. The normalized spacial score (nSPS) is 11.4. The van der Waals surface area contributed by atoms with Crippen LogP contribution in [0.25, 0.3) is 0 Å². The largest absolute Gasteiger partial charge is 0.481 e. The Labute approximate surface area is 126 Å². The maximum absolute atomic E-state index is 11.0. The van der Waals surface area contributed by atoms with Crippen molar-refractivity contribution in [3.8, 4) is 0 Å². The van der Waals surface area contributed by atoms with Gasteiger partial charge < -0.3 is 5.11 Å². The van der Waals surface area contributed by atoms with Gasteiger partial charge >= 0.3 is 5.97 Å². The highest BCUT2D eigenvalue weighted by atomic mass is 16.4. The van der Waals surface area contributed by atoms with E-state index in [2.05, 4.69) is 69.3 Å². The van der Waals surface area contributed by atoms with E-state index < -0.39 is 5.97 Å². The highest BCUT2D eigenvalue weighted by Crippen LogP contribution is 2.36. The lowest BCUT2D eigenvalue weighted by Crippen LogP contribution is -2.25. The van der Waals surface area contributed by atoms with E-state index in [4.69, 9.17) is 5.11 Å². The van der Waals surface area contributed by atoms with Crippen molar-refractivity contribution in [2.24, 2.45) is 0 Å². The number of hydrogen-bond donors (Lipinski definition) is 1. The Morgan fingerprint density at radius 3 is 1.62 bits per heavy atom. The van der Waals surface area contributed by atoms with Gasteiger partial charge in [-0.15, -0.1) is 0 Å². The molecule has 0 atom stereocenters. The second kappa shape index (κ2) is 6.13. The van der Waals surface area contributed by atoms with E-state index in [-0.39, 0.29) is 11.8 Å². The van der Waals surface area contributed by atoms with Gasteiger partial charge in [0, 0.05) is 11.8 Å². The van der Waals surface area contributed by atoms with Gasteiger partial charge in [0.2, 0.25) is 0 Å². The lowest BCUT2D eigenvalue weighted by Gasteiger charge is -2.31. The zero-order valence-electron chi connectivity index (χ0n) is 12.9. The van der Waals surface area contributed by atoms with Crippen LogP contribution in [0.4, 0.5) is 0 Å². The van der Waals surface area contributed by atoms with Crippen LogP contribution in [0, 0.1) is 13.8 Å². The molecule has 110 valence electrons. The Balaban J connectivity index is 2.44. The Bertz CT molecular complexity index is 564. The Kier molecular flexibility index (Phi) is 4.46. The molecule has 2 heteroatoms. The first-order chi connectivity index (χ1) is 9.91. The highest BCUT2D eigenvalue weighted by molar-refractivity contribution is 5.67. The third-order valence-electron chi connectivity index (χ3n) is 4.22. The van der Waals surface area contributed by atoms with Crippen LogP contribution in [0.2, 0.25) is 0 Å². The lowest BCUT2D eigenvalue weighted by molar-refractivity contribution is -0.137. The van der Waals surface area contributed by atoms with Crippen LogP contribution in [-0.2, 0) is 10.2 Å². The molecular formula is C19H22O2. The fraction of sp³-hybridized carbons (Fsp3) is 0.316. The van der Waals surface area contributed by atoms with Crippen LogP contribution in [0.3, 0.4) is 0 Å². The molecule has 0 aliphatic carbocycles. The summed E-state index contributed by atoms with van der Waals surface area (Å²) in [6, 6.07) is 16.8. The summed E-state index contributed by atoms with van der Waals surface area (Å²) in [4.78, 5) is 11.0. The van der Waals surface area contributed by atoms with Gasteiger partial charge in [0.15, 0.2) is 0 Å². The molecule has 0 aliphatic rings. The average Bonchev–Trinajstić information content (AvgIpc) is 2.46. The number of carboxylic acid groups (broad SMARTS) is 1. The summed E-state index contributed by atoms with van der Waals surface area (Å²) in [6.07, 6.45) is 0.757. The SMILES string of the molecule is Cc1ccc(C(C)(CCC(=O)O)c2ccc(C)cc2)cc1. The van der Waals surface area contributed by atoms with Gasteiger partial charge in [-0.25, -0.2) is 0 Å². The van der Waals surface area contributed by atoms with E-state index in [1.54, 1.807) is 0 Å². The third-order valence-corrected chi connectivity index (χ3v) is 4.22. The first-order valence-electron chi connectivity index (χ1n) is 7.28. The standard InChI is InChI=1S/C19H22O2/c1-14-4-8-16(9-5-14)19(3,13-12-18(20)21)17-10-6-15(2)7-11-17/h4-11H,12-13H2,1-3H3,(H,20,21). The zero-order valence-corrected chi connectivity index (χ0v) is 12.9. The molecule has 0 saturated heterocycles. The molecular weight excluding hydrogens is 260 g/mol. The van der Waals surface area contributed by atoms with E-state index in [9.17, 15) is 4.79 Å². The highest BCUT2D eigenvalue weighted by Gasteiger charge is 2.29. The average molecular weight is 282 g/mol. The minimum Gasteiger partial charge on any atom is -0.481 e. The summed E-state index contributed by atoms with van der Waals surface area (Å²) >= 11 is 0. The van der Waals surface area contributed by atoms with Crippen LogP contribution in [0.1, 0.15) is 42.0 Å². The lowest BCUT2D eigenvalue weighted by atomic mass is 9.73. The van der Waals surface area contributed by atoms with Crippen molar-refractivity contribution in [1.82, 2.24) is 0 Å². The number of aliphatic carboxylic acids is 1. The summed E-state index contributed by atoms with van der Waals surface area (Å²) < 4.78 is 0. The zero-order chi connectivity index (χ0) is 15.5. The molecule has 0 aliphatic heterocycles. The summed E-state index contributed by atoms with van der Waals surface area (Å²) in [6.45, 7) is 6.25. The van der Waals surface area contributed by atoms with Gasteiger partial charge in [-0.3, -0.25) is 4.79 Å².